The highest BCUT2D eigenvalue weighted by Gasteiger charge is 2.14. The maximum absolute atomic E-state index is 11.4. The second-order valence-corrected chi connectivity index (χ2v) is 5.27. The maximum atomic E-state index is 11.4. The topological polar surface area (TPSA) is 46.2 Å². The molecule has 0 saturated carbocycles. The molecular formula is C12H23NO2. The molecule has 0 heterocycles. The first-order valence-electron chi connectivity index (χ1n) is 5.56. The van der Waals surface area contributed by atoms with Crippen molar-refractivity contribution in [1.29, 1.82) is 0 Å². The average Bonchev–Trinajstić information content (AvgIpc) is 2.00. The number of hydrogen-bond donors (Lipinski definition) is 1. The van der Waals surface area contributed by atoms with Crippen LogP contribution in [0.4, 0.5) is 0 Å². The fraction of sp³-hybridized carbons (Fsp3) is 0.833. The minimum Gasteiger partial charge on any atom is -0.352 e. The SMILES string of the molecule is CC(C)C(=O)CCCC(=O)NC(C)(C)C. The van der Waals surface area contributed by atoms with Gasteiger partial charge in [0.1, 0.15) is 5.78 Å². The lowest BCUT2D eigenvalue weighted by Crippen LogP contribution is -2.40. The number of carbonyl (C=O) groups excluding carboxylic acids is 2. The molecule has 0 aliphatic carbocycles. The summed E-state index contributed by atoms with van der Waals surface area (Å²) in [5, 5.41) is 2.87. The highest BCUT2D eigenvalue weighted by molar-refractivity contribution is 5.81. The number of ketones is 1. The molecule has 0 aromatic heterocycles. The Morgan fingerprint density at radius 3 is 2.07 bits per heavy atom. The summed E-state index contributed by atoms with van der Waals surface area (Å²) in [5.41, 5.74) is -0.181. The van der Waals surface area contributed by atoms with E-state index in [4.69, 9.17) is 0 Å². The van der Waals surface area contributed by atoms with Crippen molar-refractivity contribution in [3.8, 4) is 0 Å². The number of hydrogen-bond acceptors (Lipinski definition) is 2. The lowest BCUT2D eigenvalue weighted by molar-refractivity contribution is -0.123. The van der Waals surface area contributed by atoms with Gasteiger partial charge < -0.3 is 5.32 Å². The summed E-state index contributed by atoms with van der Waals surface area (Å²) < 4.78 is 0. The van der Waals surface area contributed by atoms with E-state index in [1.54, 1.807) is 0 Å². The highest BCUT2D eigenvalue weighted by Crippen LogP contribution is 2.05. The van der Waals surface area contributed by atoms with Crippen LogP contribution in [0, 0.1) is 5.92 Å². The maximum Gasteiger partial charge on any atom is 0.220 e. The number of carbonyl (C=O) groups is 2. The Morgan fingerprint density at radius 2 is 1.67 bits per heavy atom. The van der Waals surface area contributed by atoms with Crippen molar-refractivity contribution in [3.05, 3.63) is 0 Å². The lowest BCUT2D eigenvalue weighted by atomic mass is 10.0. The van der Waals surface area contributed by atoms with Crippen LogP contribution in [0.5, 0.6) is 0 Å². The van der Waals surface area contributed by atoms with Crippen LogP contribution in [0.3, 0.4) is 0 Å². The smallest absolute Gasteiger partial charge is 0.220 e. The summed E-state index contributed by atoms with van der Waals surface area (Å²) >= 11 is 0. The Hall–Kier alpha value is -0.860. The quantitative estimate of drug-likeness (QED) is 0.761. The third-order valence-electron chi connectivity index (χ3n) is 1.99. The van der Waals surface area contributed by atoms with Gasteiger partial charge in [-0.25, -0.2) is 0 Å². The molecule has 0 aromatic carbocycles. The first-order valence-corrected chi connectivity index (χ1v) is 5.56. The summed E-state index contributed by atoms with van der Waals surface area (Å²) in [4.78, 5) is 22.7. The van der Waals surface area contributed by atoms with Gasteiger partial charge in [-0.3, -0.25) is 9.59 Å². The van der Waals surface area contributed by atoms with Crippen LogP contribution < -0.4 is 5.32 Å². The van der Waals surface area contributed by atoms with Crippen LogP contribution in [-0.4, -0.2) is 17.2 Å². The van der Waals surface area contributed by atoms with Crippen molar-refractivity contribution in [1.82, 2.24) is 5.32 Å². The summed E-state index contributed by atoms with van der Waals surface area (Å²) in [7, 11) is 0. The van der Waals surface area contributed by atoms with Gasteiger partial charge in [0, 0.05) is 24.3 Å². The van der Waals surface area contributed by atoms with Gasteiger partial charge in [0.25, 0.3) is 0 Å². The molecule has 0 fully saturated rings. The molecule has 0 unspecified atom stereocenters. The van der Waals surface area contributed by atoms with E-state index in [1.807, 2.05) is 34.6 Å². The van der Waals surface area contributed by atoms with Crippen LogP contribution in [0.15, 0.2) is 0 Å². The van der Waals surface area contributed by atoms with Crippen LogP contribution in [-0.2, 0) is 9.59 Å². The standard InChI is InChI=1S/C12H23NO2/c1-9(2)10(14)7-6-8-11(15)13-12(3,4)5/h9H,6-8H2,1-5H3,(H,13,15). The average molecular weight is 213 g/mol. The Bertz CT molecular complexity index is 226. The molecule has 0 aliphatic heterocycles. The van der Waals surface area contributed by atoms with E-state index in [0.29, 0.717) is 19.3 Å². The number of nitrogens with one attached hydrogen (secondary N) is 1. The Morgan fingerprint density at radius 1 is 1.13 bits per heavy atom. The van der Waals surface area contributed by atoms with E-state index < -0.39 is 0 Å². The van der Waals surface area contributed by atoms with Gasteiger partial charge in [0.05, 0.1) is 0 Å². The molecule has 3 heteroatoms. The zero-order valence-electron chi connectivity index (χ0n) is 10.5. The summed E-state index contributed by atoms with van der Waals surface area (Å²) in [6.07, 6.45) is 1.60. The van der Waals surface area contributed by atoms with Gasteiger partial charge in [-0.1, -0.05) is 13.8 Å². The van der Waals surface area contributed by atoms with Crippen molar-refractivity contribution in [2.45, 2.75) is 59.4 Å². The van der Waals surface area contributed by atoms with E-state index in [-0.39, 0.29) is 23.1 Å². The van der Waals surface area contributed by atoms with Crippen molar-refractivity contribution in [2.24, 2.45) is 5.92 Å². The van der Waals surface area contributed by atoms with E-state index >= 15 is 0 Å². The van der Waals surface area contributed by atoms with Gasteiger partial charge in [0.2, 0.25) is 5.91 Å². The molecule has 0 rings (SSSR count). The van der Waals surface area contributed by atoms with Crippen LogP contribution in [0.1, 0.15) is 53.9 Å². The predicted molar refractivity (Wildman–Crippen MR) is 61.6 cm³/mol. The lowest BCUT2D eigenvalue weighted by Gasteiger charge is -2.20. The molecule has 0 radical (unpaired) electrons. The first-order chi connectivity index (χ1) is 6.72. The van der Waals surface area contributed by atoms with E-state index in [9.17, 15) is 9.59 Å². The molecule has 0 bridgehead atoms. The van der Waals surface area contributed by atoms with Crippen molar-refractivity contribution < 1.29 is 9.59 Å². The third kappa shape index (κ3) is 8.16. The van der Waals surface area contributed by atoms with Crippen molar-refractivity contribution >= 4 is 11.7 Å². The molecule has 1 N–H and O–H groups in total. The largest absolute Gasteiger partial charge is 0.352 e. The Kier molecular flexibility index (Phi) is 5.55. The second-order valence-electron chi connectivity index (χ2n) is 5.27. The number of rotatable bonds is 5. The van der Waals surface area contributed by atoms with Gasteiger partial charge in [-0.2, -0.15) is 0 Å². The molecule has 0 aromatic rings. The molecule has 3 nitrogen and oxygen atoms in total. The number of Topliss-reactive ketones (excluding diaryl/α,β-unsaturated/α-hetero) is 1. The minimum atomic E-state index is -0.181. The van der Waals surface area contributed by atoms with Crippen LogP contribution in [0.25, 0.3) is 0 Å². The van der Waals surface area contributed by atoms with Crippen molar-refractivity contribution in [3.63, 3.8) is 0 Å². The van der Waals surface area contributed by atoms with E-state index in [0.717, 1.165) is 0 Å². The molecule has 88 valence electrons. The first kappa shape index (κ1) is 14.1. The Labute approximate surface area is 92.6 Å². The molecule has 0 aliphatic rings. The normalized spacial score (nSPS) is 11.6. The van der Waals surface area contributed by atoms with E-state index in [2.05, 4.69) is 5.32 Å². The highest BCUT2D eigenvalue weighted by atomic mass is 16.1. The minimum absolute atomic E-state index is 0.0269. The molecule has 0 spiro atoms. The monoisotopic (exact) mass is 213 g/mol. The van der Waals surface area contributed by atoms with Crippen LogP contribution >= 0.6 is 0 Å². The van der Waals surface area contributed by atoms with Gasteiger partial charge in [-0.05, 0) is 27.2 Å². The van der Waals surface area contributed by atoms with Gasteiger partial charge in [0.15, 0.2) is 0 Å². The molecule has 0 atom stereocenters. The van der Waals surface area contributed by atoms with Gasteiger partial charge in [-0.15, -0.1) is 0 Å². The van der Waals surface area contributed by atoms with Gasteiger partial charge >= 0.3 is 0 Å². The number of amides is 1. The zero-order chi connectivity index (χ0) is 12.1. The zero-order valence-corrected chi connectivity index (χ0v) is 10.5. The Balaban J connectivity index is 3.70. The second kappa shape index (κ2) is 5.89. The molecule has 1 amide bonds. The summed E-state index contributed by atoms with van der Waals surface area (Å²) in [5.74, 6) is 0.341. The summed E-state index contributed by atoms with van der Waals surface area (Å²) in [6.45, 7) is 9.62. The summed E-state index contributed by atoms with van der Waals surface area (Å²) in [6, 6.07) is 0. The molecule has 0 saturated heterocycles. The van der Waals surface area contributed by atoms with Crippen molar-refractivity contribution in [2.75, 3.05) is 0 Å². The fourth-order valence-electron chi connectivity index (χ4n) is 1.19. The fourth-order valence-corrected chi connectivity index (χ4v) is 1.19. The predicted octanol–water partition coefficient (Wildman–Crippen LogP) is 2.30. The third-order valence-corrected chi connectivity index (χ3v) is 1.99. The van der Waals surface area contributed by atoms with E-state index in [1.165, 1.54) is 0 Å². The molecule has 15 heavy (non-hydrogen) atoms. The molecular weight excluding hydrogens is 190 g/mol. The van der Waals surface area contributed by atoms with Crippen LogP contribution in [0.2, 0.25) is 0 Å².